The Labute approximate surface area is 162 Å². The molecule has 2 aromatic rings. The Morgan fingerprint density at radius 1 is 1.44 bits per heavy atom. The predicted octanol–water partition coefficient (Wildman–Crippen LogP) is 3.18. The summed E-state index contributed by atoms with van der Waals surface area (Å²) in [4.78, 5) is 25.8. The minimum atomic E-state index is -0.889. The maximum absolute atomic E-state index is 12.4. The predicted molar refractivity (Wildman–Crippen MR) is 102 cm³/mol. The van der Waals surface area contributed by atoms with Crippen molar-refractivity contribution in [1.29, 1.82) is 5.26 Å². The molecule has 27 heavy (non-hydrogen) atoms. The number of esters is 1. The van der Waals surface area contributed by atoms with Gasteiger partial charge >= 0.3 is 5.97 Å². The Bertz CT molecular complexity index is 890. The summed E-state index contributed by atoms with van der Waals surface area (Å²) in [6, 6.07) is 7.99. The van der Waals surface area contributed by atoms with Gasteiger partial charge in [0.05, 0.1) is 18.2 Å². The molecule has 2 aromatic heterocycles. The average Bonchev–Trinajstić information content (AvgIpc) is 3.32. The minimum Gasteiger partial charge on any atom is -0.452 e. The number of nitrogens with zero attached hydrogens (tertiary/aromatic N) is 2. The van der Waals surface area contributed by atoms with Gasteiger partial charge in [-0.25, -0.2) is 4.79 Å². The first-order chi connectivity index (χ1) is 12.8. The first kappa shape index (κ1) is 19.2. The van der Waals surface area contributed by atoms with Gasteiger partial charge in [-0.05, 0) is 57.0 Å². The number of hydrogen-bond donors (Lipinski definition) is 1. The van der Waals surface area contributed by atoms with Crippen molar-refractivity contribution >= 4 is 23.2 Å². The molecular formula is C20H23N3O3S. The van der Waals surface area contributed by atoms with Crippen LogP contribution in [0.2, 0.25) is 0 Å². The molecule has 1 aliphatic rings. The summed E-state index contributed by atoms with van der Waals surface area (Å²) in [7, 11) is 0. The van der Waals surface area contributed by atoms with Crippen LogP contribution in [-0.4, -0.2) is 28.6 Å². The fourth-order valence-corrected chi connectivity index (χ4v) is 3.92. The maximum Gasteiger partial charge on any atom is 0.340 e. The van der Waals surface area contributed by atoms with Gasteiger partial charge in [-0.3, -0.25) is 4.79 Å². The molecule has 0 unspecified atom stereocenters. The molecule has 1 atom stereocenters. The van der Waals surface area contributed by atoms with E-state index < -0.39 is 24.0 Å². The molecule has 0 radical (unpaired) electrons. The van der Waals surface area contributed by atoms with Crippen LogP contribution in [0.15, 0.2) is 23.6 Å². The van der Waals surface area contributed by atoms with E-state index in [2.05, 4.69) is 22.0 Å². The largest absolute Gasteiger partial charge is 0.452 e. The molecule has 1 saturated carbocycles. The lowest BCUT2D eigenvalue weighted by Crippen LogP contribution is -2.48. The molecule has 6 nitrogen and oxygen atoms in total. The highest BCUT2D eigenvalue weighted by atomic mass is 32.1. The van der Waals surface area contributed by atoms with Crippen LogP contribution in [0, 0.1) is 31.1 Å². The lowest BCUT2D eigenvalue weighted by Gasteiger charge is -2.22. The molecule has 0 spiro atoms. The second-order valence-electron chi connectivity index (χ2n) is 7.16. The summed E-state index contributed by atoms with van der Waals surface area (Å²) < 4.78 is 7.25. The van der Waals surface area contributed by atoms with Crippen molar-refractivity contribution in [2.24, 2.45) is 5.92 Å². The first-order valence-corrected chi connectivity index (χ1v) is 9.80. The number of nitrogens with one attached hydrogen (secondary N) is 1. The smallest absolute Gasteiger partial charge is 0.340 e. The molecule has 142 valence electrons. The van der Waals surface area contributed by atoms with Crippen LogP contribution in [0.25, 0.3) is 0 Å². The van der Waals surface area contributed by atoms with Crippen molar-refractivity contribution in [3.05, 3.63) is 45.4 Å². The molecule has 2 heterocycles. The molecular weight excluding hydrogens is 362 g/mol. The molecule has 1 aliphatic carbocycles. The molecule has 0 aromatic carbocycles. The molecule has 7 heteroatoms. The maximum atomic E-state index is 12.4. The van der Waals surface area contributed by atoms with Gasteiger partial charge in [-0.15, -0.1) is 11.3 Å². The zero-order chi connectivity index (χ0) is 19.6. The summed E-state index contributed by atoms with van der Waals surface area (Å²) in [5, 5.41) is 14.0. The summed E-state index contributed by atoms with van der Waals surface area (Å²) >= 11 is 1.67. The van der Waals surface area contributed by atoms with Crippen LogP contribution < -0.4 is 5.32 Å². The SMILES string of the molecule is Cc1cc(C(=O)OCC(=O)N[C@](C)(C#N)C2CC2)c(C)n1Cc1cccs1. The Hall–Kier alpha value is -2.59. The lowest BCUT2D eigenvalue weighted by atomic mass is 9.98. The number of amides is 1. The van der Waals surface area contributed by atoms with E-state index in [1.807, 2.05) is 25.3 Å². The van der Waals surface area contributed by atoms with E-state index in [9.17, 15) is 14.9 Å². The van der Waals surface area contributed by atoms with E-state index in [1.54, 1.807) is 24.3 Å². The van der Waals surface area contributed by atoms with Crippen LogP contribution in [-0.2, 0) is 16.1 Å². The minimum absolute atomic E-state index is 0.179. The highest BCUT2D eigenvalue weighted by molar-refractivity contribution is 7.09. The monoisotopic (exact) mass is 385 g/mol. The topological polar surface area (TPSA) is 84.1 Å². The molecule has 0 bridgehead atoms. The van der Waals surface area contributed by atoms with Gasteiger partial charge in [0.25, 0.3) is 5.91 Å². The van der Waals surface area contributed by atoms with Crippen molar-refractivity contribution in [2.45, 2.75) is 45.7 Å². The number of ether oxygens (including phenoxy) is 1. The summed E-state index contributed by atoms with van der Waals surface area (Å²) in [6.07, 6.45) is 1.86. The van der Waals surface area contributed by atoms with Crippen LogP contribution in [0.1, 0.15) is 46.4 Å². The van der Waals surface area contributed by atoms with E-state index >= 15 is 0 Å². The zero-order valence-corrected chi connectivity index (χ0v) is 16.6. The third-order valence-corrected chi connectivity index (χ3v) is 5.91. The van der Waals surface area contributed by atoms with E-state index in [0.29, 0.717) is 12.1 Å². The molecule has 1 N–H and O–H groups in total. The lowest BCUT2D eigenvalue weighted by molar-refractivity contribution is -0.125. The Morgan fingerprint density at radius 3 is 2.78 bits per heavy atom. The quantitative estimate of drug-likeness (QED) is 0.742. The van der Waals surface area contributed by atoms with Crippen LogP contribution in [0.5, 0.6) is 0 Å². The Kier molecular flexibility index (Phi) is 5.38. The number of rotatable bonds is 7. The van der Waals surface area contributed by atoms with E-state index in [1.165, 1.54) is 4.88 Å². The van der Waals surface area contributed by atoms with Crippen molar-refractivity contribution < 1.29 is 14.3 Å². The normalized spacial score (nSPS) is 15.6. The summed E-state index contributed by atoms with van der Waals surface area (Å²) in [6.45, 7) is 5.83. The number of carbonyl (C=O) groups excluding carboxylic acids is 2. The molecule has 1 amide bonds. The van der Waals surface area contributed by atoms with Crippen LogP contribution in [0.4, 0.5) is 0 Å². The van der Waals surface area contributed by atoms with Gasteiger partial charge in [-0.2, -0.15) is 5.26 Å². The van der Waals surface area contributed by atoms with Crippen molar-refractivity contribution in [1.82, 2.24) is 9.88 Å². The standard InChI is InChI=1S/C20H23N3O3S/c1-13-9-17(14(2)23(13)10-16-5-4-8-27-16)19(25)26-11-18(24)22-20(3,12-21)15-6-7-15/h4-5,8-9,15H,6-7,10-11H2,1-3H3,(H,22,24)/t20-/m1/s1. The molecule has 0 aliphatic heterocycles. The average molecular weight is 385 g/mol. The van der Waals surface area contributed by atoms with Gasteiger partial charge in [0, 0.05) is 16.3 Å². The van der Waals surface area contributed by atoms with Gasteiger partial charge in [0.1, 0.15) is 5.54 Å². The highest BCUT2D eigenvalue weighted by Crippen LogP contribution is 2.39. The van der Waals surface area contributed by atoms with E-state index in [4.69, 9.17) is 4.74 Å². The molecule has 1 fully saturated rings. The summed E-state index contributed by atoms with van der Waals surface area (Å²) in [5.41, 5.74) is 1.34. The number of aryl methyl sites for hydroxylation is 1. The van der Waals surface area contributed by atoms with Gasteiger partial charge in [-0.1, -0.05) is 6.07 Å². The summed E-state index contributed by atoms with van der Waals surface area (Å²) in [5.74, 6) is -0.800. The number of aromatic nitrogens is 1. The third-order valence-electron chi connectivity index (χ3n) is 5.05. The van der Waals surface area contributed by atoms with Crippen molar-refractivity contribution in [2.75, 3.05) is 6.61 Å². The van der Waals surface area contributed by atoms with Gasteiger partial charge < -0.3 is 14.6 Å². The number of carbonyl (C=O) groups is 2. The third kappa shape index (κ3) is 4.22. The molecule has 0 saturated heterocycles. The second-order valence-corrected chi connectivity index (χ2v) is 8.20. The van der Waals surface area contributed by atoms with E-state index in [0.717, 1.165) is 24.2 Å². The highest BCUT2D eigenvalue weighted by Gasteiger charge is 2.43. The van der Waals surface area contributed by atoms with Gasteiger partial charge in [0.2, 0.25) is 0 Å². The van der Waals surface area contributed by atoms with Gasteiger partial charge in [0.15, 0.2) is 6.61 Å². The van der Waals surface area contributed by atoms with Crippen molar-refractivity contribution in [3.8, 4) is 6.07 Å². The number of nitriles is 1. The van der Waals surface area contributed by atoms with Crippen LogP contribution in [0.3, 0.4) is 0 Å². The molecule has 3 rings (SSSR count). The fraction of sp³-hybridized carbons (Fsp3) is 0.450. The Morgan fingerprint density at radius 2 is 2.19 bits per heavy atom. The first-order valence-electron chi connectivity index (χ1n) is 8.92. The fourth-order valence-electron chi connectivity index (χ4n) is 3.23. The second kappa shape index (κ2) is 7.57. The van der Waals surface area contributed by atoms with Crippen LogP contribution >= 0.6 is 11.3 Å². The van der Waals surface area contributed by atoms with E-state index in [-0.39, 0.29) is 5.92 Å². The number of thiophene rings is 1. The van der Waals surface area contributed by atoms with Crippen molar-refractivity contribution in [3.63, 3.8) is 0 Å². The number of hydrogen-bond acceptors (Lipinski definition) is 5. The zero-order valence-electron chi connectivity index (χ0n) is 15.7. The Balaban J connectivity index is 1.61.